The Labute approximate surface area is 142 Å². The lowest BCUT2D eigenvalue weighted by Gasteiger charge is -2.16. The summed E-state index contributed by atoms with van der Waals surface area (Å²) in [6.07, 6.45) is 0. The molecule has 0 saturated heterocycles. The van der Waals surface area contributed by atoms with E-state index >= 15 is 0 Å². The summed E-state index contributed by atoms with van der Waals surface area (Å²) in [5.74, 6) is 2.37. The molecular weight excluding hydrogens is 300 g/mol. The molecule has 0 amide bonds. The van der Waals surface area contributed by atoms with Gasteiger partial charge < -0.3 is 14.2 Å². The minimum absolute atomic E-state index is 0.776. The Hall–Kier alpha value is -2.94. The molecule has 0 fully saturated rings. The molecule has 0 aliphatic heterocycles. The van der Waals surface area contributed by atoms with Gasteiger partial charge in [-0.05, 0) is 23.8 Å². The smallest absolute Gasteiger partial charge is 0.134 e. The molecule has 0 unspecified atom stereocenters. The highest BCUT2D eigenvalue weighted by atomic mass is 16.5. The third-order valence-electron chi connectivity index (χ3n) is 4.00. The zero-order chi connectivity index (χ0) is 16.9. The lowest BCUT2D eigenvalue weighted by molar-refractivity contribution is 0.402. The van der Waals surface area contributed by atoms with Crippen LogP contribution in [-0.2, 0) is 0 Å². The third kappa shape index (κ3) is 2.93. The molecule has 0 saturated carbocycles. The molecule has 0 aromatic heterocycles. The SMILES string of the molecule is COc1ccc(OC)c(-c2cccc(-c3ccccc3)c2OC)c1. The van der Waals surface area contributed by atoms with Crippen LogP contribution in [0.15, 0.2) is 66.7 Å². The first-order chi connectivity index (χ1) is 11.8. The summed E-state index contributed by atoms with van der Waals surface area (Å²) >= 11 is 0. The number of para-hydroxylation sites is 1. The van der Waals surface area contributed by atoms with Crippen molar-refractivity contribution in [2.24, 2.45) is 0 Å². The topological polar surface area (TPSA) is 27.7 Å². The Kier molecular flexibility index (Phi) is 4.71. The van der Waals surface area contributed by atoms with Crippen molar-refractivity contribution in [1.29, 1.82) is 0 Å². The van der Waals surface area contributed by atoms with E-state index in [1.165, 1.54) is 0 Å². The van der Waals surface area contributed by atoms with Crippen molar-refractivity contribution in [3.05, 3.63) is 66.7 Å². The van der Waals surface area contributed by atoms with Crippen LogP contribution in [0.3, 0.4) is 0 Å². The van der Waals surface area contributed by atoms with Gasteiger partial charge in [0.05, 0.1) is 21.3 Å². The molecule has 0 radical (unpaired) electrons. The molecule has 3 aromatic carbocycles. The van der Waals surface area contributed by atoms with Crippen LogP contribution in [-0.4, -0.2) is 21.3 Å². The van der Waals surface area contributed by atoms with E-state index < -0.39 is 0 Å². The van der Waals surface area contributed by atoms with Gasteiger partial charge in [-0.2, -0.15) is 0 Å². The Balaban J connectivity index is 2.23. The van der Waals surface area contributed by atoms with Gasteiger partial charge in [0.2, 0.25) is 0 Å². The predicted molar refractivity (Wildman–Crippen MR) is 97.0 cm³/mol. The van der Waals surface area contributed by atoms with Gasteiger partial charge in [0.25, 0.3) is 0 Å². The highest BCUT2D eigenvalue weighted by Gasteiger charge is 2.16. The van der Waals surface area contributed by atoms with Crippen LogP contribution in [0.4, 0.5) is 0 Å². The number of hydrogen-bond donors (Lipinski definition) is 0. The van der Waals surface area contributed by atoms with Crippen molar-refractivity contribution in [3.63, 3.8) is 0 Å². The summed E-state index contributed by atoms with van der Waals surface area (Å²) < 4.78 is 16.7. The summed E-state index contributed by atoms with van der Waals surface area (Å²) in [6, 6.07) is 22.1. The van der Waals surface area contributed by atoms with Crippen LogP contribution in [0.5, 0.6) is 17.2 Å². The third-order valence-corrected chi connectivity index (χ3v) is 4.00. The maximum atomic E-state index is 5.76. The molecule has 3 nitrogen and oxygen atoms in total. The van der Waals surface area contributed by atoms with Crippen LogP contribution in [0.1, 0.15) is 0 Å². The Morgan fingerprint density at radius 3 is 2.00 bits per heavy atom. The van der Waals surface area contributed by atoms with E-state index in [4.69, 9.17) is 14.2 Å². The Bertz CT molecular complexity index is 826. The predicted octanol–water partition coefficient (Wildman–Crippen LogP) is 5.05. The van der Waals surface area contributed by atoms with Crippen molar-refractivity contribution in [2.75, 3.05) is 21.3 Å². The second kappa shape index (κ2) is 7.09. The normalized spacial score (nSPS) is 10.3. The van der Waals surface area contributed by atoms with Crippen molar-refractivity contribution in [1.82, 2.24) is 0 Å². The van der Waals surface area contributed by atoms with Crippen molar-refractivity contribution in [3.8, 4) is 39.5 Å². The average molecular weight is 320 g/mol. The summed E-state index contributed by atoms with van der Waals surface area (Å²) in [4.78, 5) is 0. The van der Waals surface area contributed by atoms with Crippen LogP contribution < -0.4 is 14.2 Å². The number of ether oxygens (including phenoxy) is 3. The maximum Gasteiger partial charge on any atom is 0.134 e. The van der Waals surface area contributed by atoms with E-state index in [1.807, 2.05) is 48.5 Å². The molecule has 0 spiro atoms. The zero-order valence-electron chi connectivity index (χ0n) is 14.1. The first-order valence-corrected chi connectivity index (χ1v) is 7.73. The summed E-state index contributed by atoms with van der Waals surface area (Å²) in [5.41, 5.74) is 4.06. The second-order valence-corrected chi connectivity index (χ2v) is 5.32. The number of methoxy groups -OCH3 is 3. The molecule has 122 valence electrons. The van der Waals surface area contributed by atoms with Crippen LogP contribution in [0, 0.1) is 0 Å². The summed E-state index contributed by atoms with van der Waals surface area (Å²) in [7, 11) is 5.01. The number of hydrogen-bond acceptors (Lipinski definition) is 3. The fourth-order valence-corrected chi connectivity index (χ4v) is 2.84. The largest absolute Gasteiger partial charge is 0.497 e. The van der Waals surface area contributed by atoms with Gasteiger partial charge in [0.15, 0.2) is 0 Å². The first-order valence-electron chi connectivity index (χ1n) is 7.73. The molecule has 24 heavy (non-hydrogen) atoms. The lowest BCUT2D eigenvalue weighted by atomic mass is 9.96. The summed E-state index contributed by atoms with van der Waals surface area (Å²) in [5, 5.41) is 0. The molecule has 0 aliphatic carbocycles. The lowest BCUT2D eigenvalue weighted by Crippen LogP contribution is -1.95. The maximum absolute atomic E-state index is 5.76. The van der Waals surface area contributed by atoms with Crippen molar-refractivity contribution >= 4 is 0 Å². The Morgan fingerprint density at radius 2 is 1.33 bits per heavy atom. The van der Waals surface area contributed by atoms with Gasteiger partial charge in [-0.1, -0.05) is 48.5 Å². The Morgan fingerprint density at radius 1 is 0.583 bits per heavy atom. The van der Waals surface area contributed by atoms with Crippen molar-refractivity contribution < 1.29 is 14.2 Å². The molecular formula is C21H20O3. The van der Waals surface area contributed by atoms with E-state index in [0.29, 0.717) is 0 Å². The van der Waals surface area contributed by atoms with E-state index in [0.717, 1.165) is 39.5 Å². The highest BCUT2D eigenvalue weighted by molar-refractivity contribution is 5.85. The molecule has 0 aliphatic rings. The van der Waals surface area contributed by atoms with Crippen molar-refractivity contribution in [2.45, 2.75) is 0 Å². The zero-order valence-corrected chi connectivity index (χ0v) is 14.1. The van der Waals surface area contributed by atoms with E-state index in [1.54, 1.807) is 21.3 Å². The van der Waals surface area contributed by atoms with Gasteiger partial charge in [-0.25, -0.2) is 0 Å². The van der Waals surface area contributed by atoms with Gasteiger partial charge in [-0.3, -0.25) is 0 Å². The fraction of sp³-hybridized carbons (Fsp3) is 0.143. The molecule has 3 rings (SSSR count). The van der Waals surface area contributed by atoms with E-state index in [2.05, 4.69) is 18.2 Å². The van der Waals surface area contributed by atoms with Gasteiger partial charge in [0.1, 0.15) is 17.2 Å². The van der Waals surface area contributed by atoms with Gasteiger partial charge in [0, 0.05) is 16.7 Å². The second-order valence-electron chi connectivity index (χ2n) is 5.32. The fourth-order valence-electron chi connectivity index (χ4n) is 2.84. The minimum Gasteiger partial charge on any atom is -0.497 e. The summed E-state index contributed by atoms with van der Waals surface area (Å²) in [6.45, 7) is 0. The minimum atomic E-state index is 0.776. The van der Waals surface area contributed by atoms with Gasteiger partial charge >= 0.3 is 0 Å². The number of rotatable bonds is 5. The van der Waals surface area contributed by atoms with Crippen LogP contribution >= 0.6 is 0 Å². The monoisotopic (exact) mass is 320 g/mol. The first kappa shape index (κ1) is 15.9. The molecule has 0 bridgehead atoms. The molecule has 0 N–H and O–H groups in total. The number of benzene rings is 3. The van der Waals surface area contributed by atoms with Gasteiger partial charge in [-0.15, -0.1) is 0 Å². The molecule has 0 heterocycles. The highest BCUT2D eigenvalue weighted by Crippen LogP contribution is 2.43. The standard InChI is InChI=1S/C21H20O3/c1-22-16-12-13-20(23-2)19(14-16)18-11-7-10-17(21(18)24-3)15-8-5-4-6-9-15/h4-14H,1-3H3. The van der Waals surface area contributed by atoms with Crippen LogP contribution in [0.2, 0.25) is 0 Å². The molecule has 3 heteroatoms. The van der Waals surface area contributed by atoms with Crippen LogP contribution in [0.25, 0.3) is 22.3 Å². The van der Waals surface area contributed by atoms with E-state index in [9.17, 15) is 0 Å². The quantitative estimate of drug-likeness (QED) is 0.658. The molecule has 3 aromatic rings. The average Bonchev–Trinajstić information content (AvgIpc) is 2.67. The van der Waals surface area contributed by atoms with E-state index in [-0.39, 0.29) is 0 Å². The molecule has 0 atom stereocenters.